The van der Waals surface area contributed by atoms with Gasteiger partial charge < -0.3 is 5.32 Å². The van der Waals surface area contributed by atoms with Crippen LogP contribution in [0.2, 0.25) is 0 Å². The van der Waals surface area contributed by atoms with Crippen molar-refractivity contribution in [3.8, 4) is 0 Å². The first-order valence-electron chi connectivity index (χ1n) is 11.3. The number of nitrogens with one attached hydrogen (secondary N) is 1. The highest BCUT2D eigenvalue weighted by Crippen LogP contribution is 2.38. The van der Waals surface area contributed by atoms with E-state index in [0.29, 0.717) is 0 Å². The molecule has 1 aliphatic heterocycles. The molecule has 1 N–H and O–H groups in total. The van der Waals surface area contributed by atoms with Crippen molar-refractivity contribution in [3.63, 3.8) is 0 Å². The average molecular weight is 425 g/mol. The van der Waals surface area contributed by atoms with Crippen LogP contribution in [0, 0.1) is 5.82 Å². The molecule has 1 saturated heterocycles. The van der Waals surface area contributed by atoms with Crippen LogP contribution in [0.5, 0.6) is 0 Å². The van der Waals surface area contributed by atoms with Crippen LogP contribution in [0.4, 0.5) is 10.2 Å². The van der Waals surface area contributed by atoms with Gasteiger partial charge in [0.05, 0.1) is 11.9 Å². The first-order valence-corrected chi connectivity index (χ1v) is 12.1. The normalized spacial score (nSPS) is 17.2. The van der Waals surface area contributed by atoms with Gasteiger partial charge in [-0.05, 0) is 81.3 Å². The highest BCUT2D eigenvalue weighted by molar-refractivity contribution is 7.19. The van der Waals surface area contributed by atoms with Gasteiger partial charge >= 0.3 is 0 Å². The van der Waals surface area contributed by atoms with Gasteiger partial charge in [0.25, 0.3) is 0 Å². The van der Waals surface area contributed by atoms with E-state index in [1.807, 2.05) is 23.5 Å². The first-order chi connectivity index (χ1) is 14.8. The molecule has 5 rings (SSSR count). The average Bonchev–Trinajstić information content (AvgIpc) is 3.14. The van der Waals surface area contributed by atoms with E-state index in [-0.39, 0.29) is 5.82 Å². The van der Waals surface area contributed by atoms with Gasteiger partial charge in [-0.15, -0.1) is 11.3 Å². The van der Waals surface area contributed by atoms with Crippen LogP contribution >= 0.6 is 11.3 Å². The van der Waals surface area contributed by atoms with Crippen molar-refractivity contribution < 1.29 is 4.39 Å². The SMILES string of the molecule is Fc1ccc(CCNc2nc(CN3CCCCC3)nc3sc4c(c23)CCCC4)cc1. The number of benzene rings is 1. The third kappa shape index (κ3) is 4.35. The Bertz CT molecular complexity index is 1010. The molecule has 4 nitrogen and oxygen atoms in total. The molecule has 0 unspecified atom stereocenters. The summed E-state index contributed by atoms with van der Waals surface area (Å²) in [6, 6.07) is 6.79. The molecule has 3 heterocycles. The molecule has 1 aromatic carbocycles. The number of fused-ring (bicyclic) bond motifs is 3. The lowest BCUT2D eigenvalue weighted by Crippen LogP contribution is -2.30. The molecular formula is C24H29FN4S. The predicted molar refractivity (Wildman–Crippen MR) is 122 cm³/mol. The second-order valence-corrected chi connectivity index (χ2v) is 9.60. The van der Waals surface area contributed by atoms with Crippen LogP contribution in [-0.2, 0) is 25.8 Å². The summed E-state index contributed by atoms with van der Waals surface area (Å²) < 4.78 is 13.2. The Labute approximate surface area is 181 Å². The van der Waals surface area contributed by atoms with E-state index in [1.165, 1.54) is 66.5 Å². The number of piperidine rings is 1. The minimum absolute atomic E-state index is 0.184. The fourth-order valence-electron chi connectivity index (χ4n) is 4.69. The predicted octanol–water partition coefficient (Wildman–Crippen LogP) is 5.35. The zero-order chi connectivity index (χ0) is 20.3. The van der Waals surface area contributed by atoms with E-state index in [4.69, 9.17) is 9.97 Å². The number of aromatic nitrogens is 2. The number of nitrogens with zero attached hydrogens (tertiary/aromatic N) is 3. The summed E-state index contributed by atoms with van der Waals surface area (Å²) in [5.74, 6) is 1.75. The molecule has 3 aromatic rings. The Morgan fingerprint density at radius 1 is 0.967 bits per heavy atom. The highest BCUT2D eigenvalue weighted by atomic mass is 32.1. The number of anilines is 1. The fraction of sp³-hybridized carbons (Fsp3) is 0.500. The molecule has 0 amide bonds. The van der Waals surface area contributed by atoms with Crippen LogP contribution in [0.25, 0.3) is 10.2 Å². The zero-order valence-corrected chi connectivity index (χ0v) is 18.2. The minimum Gasteiger partial charge on any atom is -0.369 e. The van der Waals surface area contributed by atoms with Crippen LogP contribution < -0.4 is 5.32 Å². The monoisotopic (exact) mass is 424 g/mol. The van der Waals surface area contributed by atoms with Crippen LogP contribution in [-0.4, -0.2) is 34.5 Å². The van der Waals surface area contributed by atoms with E-state index >= 15 is 0 Å². The van der Waals surface area contributed by atoms with Gasteiger partial charge in [0, 0.05) is 11.4 Å². The van der Waals surface area contributed by atoms with Crippen molar-refractivity contribution in [2.45, 2.75) is 57.9 Å². The van der Waals surface area contributed by atoms with Crippen molar-refractivity contribution in [1.29, 1.82) is 0 Å². The molecule has 0 radical (unpaired) electrons. The molecule has 6 heteroatoms. The van der Waals surface area contributed by atoms with Gasteiger partial charge in [0.15, 0.2) is 0 Å². The molecule has 0 spiro atoms. The third-order valence-electron chi connectivity index (χ3n) is 6.29. The Morgan fingerprint density at radius 3 is 2.60 bits per heavy atom. The van der Waals surface area contributed by atoms with Crippen LogP contribution in [0.15, 0.2) is 24.3 Å². The Kier molecular flexibility index (Phi) is 5.95. The number of hydrogen-bond donors (Lipinski definition) is 1. The van der Waals surface area contributed by atoms with Crippen LogP contribution in [0.1, 0.15) is 53.9 Å². The first kappa shape index (κ1) is 19.9. The quantitative estimate of drug-likeness (QED) is 0.579. The Morgan fingerprint density at radius 2 is 1.77 bits per heavy atom. The van der Waals surface area contributed by atoms with Crippen LogP contribution in [0.3, 0.4) is 0 Å². The topological polar surface area (TPSA) is 41.1 Å². The standard InChI is InChI=1S/C24H29FN4S/c25-18-10-8-17(9-11-18)12-13-26-23-22-19-6-2-3-7-20(19)30-24(22)28-21(27-23)16-29-14-4-1-5-15-29/h8-11H,1-7,12-16H2,(H,26,27,28). The number of halogens is 1. The van der Waals surface area contributed by atoms with E-state index in [9.17, 15) is 4.39 Å². The number of likely N-dealkylation sites (tertiary alicyclic amines) is 1. The fourth-order valence-corrected chi connectivity index (χ4v) is 5.97. The van der Waals surface area contributed by atoms with E-state index in [1.54, 1.807) is 0 Å². The van der Waals surface area contributed by atoms with Gasteiger partial charge in [0.2, 0.25) is 0 Å². The summed E-state index contributed by atoms with van der Waals surface area (Å²) in [5, 5.41) is 4.85. The molecule has 0 atom stereocenters. The van der Waals surface area contributed by atoms with Gasteiger partial charge in [-0.2, -0.15) is 0 Å². The van der Waals surface area contributed by atoms with Crippen molar-refractivity contribution in [2.24, 2.45) is 0 Å². The lowest BCUT2D eigenvalue weighted by molar-refractivity contribution is 0.216. The third-order valence-corrected chi connectivity index (χ3v) is 7.48. The van der Waals surface area contributed by atoms with E-state index in [2.05, 4.69) is 10.2 Å². The second kappa shape index (κ2) is 8.98. The summed E-state index contributed by atoms with van der Waals surface area (Å²) in [5.41, 5.74) is 2.60. The molecule has 2 aliphatic rings. The zero-order valence-electron chi connectivity index (χ0n) is 17.4. The number of aryl methyl sites for hydroxylation is 2. The summed E-state index contributed by atoms with van der Waals surface area (Å²) in [6.07, 6.45) is 9.58. The van der Waals surface area contributed by atoms with Gasteiger partial charge in [-0.3, -0.25) is 4.90 Å². The Balaban J connectivity index is 1.41. The van der Waals surface area contributed by atoms with Crippen molar-refractivity contribution >= 4 is 27.4 Å². The molecule has 0 bridgehead atoms. The molecular weight excluding hydrogens is 395 g/mol. The highest BCUT2D eigenvalue weighted by Gasteiger charge is 2.22. The largest absolute Gasteiger partial charge is 0.369 e. The summed E-state index contributed by atoms with van der Waals surface area (Å²) >= 11 is 1.87. The molecule has 158 valence electrons. The minimum atomic E-state index is -0.184. The molecule has 1 aliphatic carbocycles. The molecule has 1 fully saturated rings. The smallest absolute Gasteiger partial charge is 0.146 e. The number of thiophene rings is 1. The lowest BCUT2D eigenvalue weighted by Gasteiger charge is -2.25. The van der Waals surface area contributed by atoms with Gasteiger partial charge in [-0.1, -0.05) is 18.6 Å². The maximum atomic E-state index is 13.2. The van der Waals surface area contributed by atoms with Crippen molar-refractivity contribution in [3.05, 3.63) is 51.9 Å². The molecule has 2 aromatic heterocycles. The summed E-state index contributed by atoms with van der Waals surface area (Å²) in [7, 11) is 0. The Hall–Kier alpha value is -2.05. The summed E-state index contributed by atoms with van der Waals surface area (Å²) in [4.78, 5) is 15.1. The second-order valence-electron chi connectivity index (χ2n) is 8.52. The van der Waals surface area contributed by atoms with Gasteiger partial charge in [-0.25, -0.2) is 14.4 Å². The van der Waals surface area contributed by atoms with Crippen molar-refractivity contribution in [1.82, 2.24) is 14.9 Å². The van der Waals surface area contributed by atoms with E-state index in [0.717, 1.165) is 61.1 Å². The summed E-state index contributed by atoms with van der Waals surface area (Å²) in [6.45, 7) is 3.92. The number of rotatable bonds is 6. The lowest BCUT2D eigenvalue weighted by atomic mass is 9.97. The molecule has 0 saturated carbocycles. The van der Waals surface area contributed by atoms with Crippen molar-refractivity contribution in [2.75, 3.05) is 25.0 Å². The number of hydrogen-bond acceptors (Lipinski definition) is 5. The maximum absolute atomic E-state index is 13.2. The van der Waals surface area contributed by atoms with E-state index < -0.39 is 0 Å². The molecule has 30 heavy (non-hydrogen) atoms. The van der Waals surface area contributed by atoms with Gasteiger partial charge in [0.1, 0.15) is 22.3 Å². The maximum Gasteiger partial charge on any atom is 0.146 e.